The van der Waals surface area contributed by atoms with Gasteiger partial charge in [-0.1, -0.05) is 19.3 Å². The van der Waals surface area contributed by atoms with Gasteiger partial charge in [0.1, 0.15) is 6.07 Å². The minimum Gasteiger partial charge on any atom is -0.370 e. The van der Waals surface area contributed by atoms with Gasteiger partial charge in [0.2, 0.25) is 0 Å². The van der Waals surface area contributed by atoms with Crippen LogP contribution in [0.25, 0.3) is 10.9 Å². The molecule has 1 aromatic heterocycles. The van der Waals surface area contributed by atoms with E-state index in [0.717, 1.165) is 30.6 Å². The standard InChI is InChI=1S/C25H29F3N4/c26-25(27,28)21-16-32(22-7-6-18(13-29)23-20(22)5-4-11-30-23)15-19(21)14-31-12-10-24(17-31)8-2-1-3-9-24/h4-7,11,19,21H,1-3,8-10,12,14-17H2/t19-,21-/m0/s1. The van der Waals surface area contributed by atoms with E-state index in [-0.39, 0.29) is 6.54 Å². The van der Waals surface area contributed by atoms with E-state index in [1.54, 1.807) is 24.4 Å². The van der Waals surface area contributed by atoms with Gasteiger partial charge in [-0.15, -0.1) is 0 Å². The highest BCUT2D eigenvalue weighted by Crippen LogP contribution is 2.46. The molecule has 5 rings (SSSR count). The normalized spacial score (nSPS) is 26.1. The Hall–Kier alpha value is -2.33. The van der Waals surface area contributed by atoms with Crippen molar-refractivity contribution in [1.29, 1.82) is 5.26 Å². The fourth-order valence-corrected chi connectivity index (χ4v) is 6.37. The van der Waals surface area contributed by atoms with Crippen molar-refractivity contribution in [2.24, 2.45) is 17.3 Å². The van der Waals surface area contributed by atoms with Crippen LogP contribution in [0.3, 0.4) is 0 Å². The van der Waals surface area contributed by atoms with E-state index in [9.17, 15) is 18.4 Å². The highest BCUT2D eigenvalue weighted by molar-refractivity contribution is 5.95. The fourth-order valence-electron chi connectivity index (χ4n) is 6.37. The summed E-state index contributed by atoms with van der Waals surface area (Å²) in [5.74, 6) is -1.79. The first-order chi connectivity index (χ1) is 15.4. The lowest BCUT2D eigenvalue weighted by molar-refractivity contribution is -0.180. The van der Waals surface area contributed by atoms with Crippen LogP contribution in [0.2, 0.25) is 0 Å². The van der Waals surface area contributed by atoms with Crippen molar-refractivity contribution in [3.63, 3.8) is 0 Å². The van der Waals surface area contributed by atoms with Crippen molar-refractivity contribution < 1.29 is 13.2 Å². The predicted octanol–water partition coefficient (Wildman–Crippen LogP) is 5.38. The molecule has 1 spiro atoms. The first kappa shape index (κ1) is 21.5. The molecule has 3 fully saturated rings. The van der Waals surface area contributed by atoms with Gasteiger partial charge in [0, 0.05) is 49.4 Å². The third-order valence-electron chi connectivity index (χ3n) is 7.99. The highest BCUT2D eigenvalue weighted by Gasteiger charge is 2.51. The molecule has 7 heteroatoms. The summed E-state index contributed by atoms with van der Waals surface area (Å²) < 4.78 is 42.2. The summed E-state index contributed by atoms with van der Waals surface area (Å²) in [5.41, 5.74) is 2.09. The Morgan fingerprint density at radius 2 is 1.91 bits per heavy atom. The molecule has 1 aromatic carbocycles. The Kier molecular flexibility index (Phi) is 5.53. The molecule has 3 heterocycles. The second kappa shape index (κ2) is 8.22. The summed E-state index contributed by atoms with van der Waals surface area (Å²) in [6.45, 7) is 2.73. The van der Waals surface area contributed by atoms with E-state index in [2.05, 4.69) is 16.0 Å². The second-order valence-electron chi connectivity index (χ2n) is 10.0. The minimum atomic E-state index is -4.22. The van der Waals surface area contributed by atoms with Crippen molar-refractivity contribution in [3.05, 3.63) is 36.0 Å². The molecule has 0 bridgehead atoms. The summed E-state index contributed by atoms with van der Waals surface area (Å²) in [4.78, 5) is 8.49. The second-order valence-corrected chi connectivity index (χ2v) is 10.0. The van der Waals surface area contributed by atoms with Gasteiger partial charge < -0.3 is 9.80 Å². The molecule has 0 N–H and O–H groups in total. The molecule has 3 aliphatic rings. The molecule has 2 aromatic rings. The zero-order chi connectivity index (χ0) is 22.3. The Bertz CT molecular complexity index is 1020. The van der Waals surface area contributed by atoms with Crippen LogP contribution in [0.5, 0.6) is 0 Å². The Morgan fingerprint density at radius 1 is 1.09 bits per heavy atom. The molecule has 2 saturated heterocycles. The van der Waals surface area contributed by atoms with Gasteiger partial charge >= 0.3 is 6.18 Å². The fraction of sp³-hybridized carbons (Fsp3) is 0.600. The van der Waals surface area contributed by atoms with Gasteiger partial charge in [-0.05, 0) is 55.5 Å². The quantitative estimate of drug-likeness (QED) is 0.640. The van der Waals surface area contributed by atoms with Crippen molar-refractivity contribution >= 4 is 16.6 Å². The van der Waals surface area contributed by atoms with Crippen molar-refractivity contribution in [1.82, 2.24) is 9.88 Å². The largest absolute Gasteiger partial charge is 0.393 e. The lowest BCUT2D eigenvalue weighted by Crippen LogP contribution is -2.38. The SMILES string of the molecule is N#Cc1ccc(N2C[C@H](CN3CCC4(CCCCC4)C3)[C@@H](C(F)(F)F)C2)c2cccnc12. The number of halogens is 3. The number of alkyl halides is 3. The van der Waals surface area contributed by atoms with Crippen molar-refractivity contribution in [2.45, 2.75) is 44.7 Å². The van der Waals surface area contributed by atoms with Crippen LogP contribution >= 0.6 is 0 Å². The van der Waals surface area contributed by atoms with Crippen LogP contribution in [0.4, 0.5) is 18.9 Å². The number of benzene rings is 1. The van der Waals surface area contributed by atoms with Crippen LogP contribution in [0.1, 0.15) is 44.1 Å². The first-order valence-electron chi connectivity index (χ1n) is 11.7. The highest BCUT2D eigenvalue weighted by atomic mass is 19.4. The molecule has 1 saturated carbocycles. The predicted molar refractivity (Wildman–Crippen MR) is 118 cm³/mol. The third kappa shape index (κ3) is 3.94. The van der Waals surface area contributed by atoms with Gasteiger partial charge in [-0.2, -0.15) is 18.4 Å². The lowest BCUT2D eigenvalue weighted by Gasteiger charge is -2.34. The number of likely N-dealkylation sites (tertiary alicyclic amines) is 1. The molecule has 1 aliphatic carbocycles. The van der Waals surface area contributed by atoms with Gasteiger partial charge in [0.05, 0.1) is 17.0 Å². The molecule has 2 atom stereocenters. The van der Waals surface area contributed by atoms with E-state index in [4.69, 9.17) is 0 Å². The molecule has 170 valence electrons. The van der Waals surface area contributed by atoms with Crippen LogP contribution < -0.4 is 4.90 Å². The average Bonchev–Trinajstić information content (AvgIpc) is 3.38. The minimum absolute atomic E-state index is 0.0386. The van der Waals surface area contributed by atoms with Crippen molar-refractivity contribution in [3.8, 4) is 6.07 Å². The summed E-state index contributed by atoms with van der Waals surface area (Å²) in [7, 11) is 0. The maximum absolute atomic E-state index is 14.1. The Morgan fingerprint density at radius 3 is 2.66 bits per heavy atom. The van der Waals surface area contributed by atoms with Crippen LogP contribution in [0, 0.1) is 28.6 Å². The lowest BCUT2D eigenvalue weighted by atomic mass is 9.73. The first-order valence-corrected chi connectivity index (χ1v) is 11.7. The van der Waals surface area contributed by atoms with Crippen LogP contribution in [-0.4, -0.2) is 48.8 Å². The molecular formula is C25H29F3N4. The van der Waals surface area contributed by atoms with Crippen molar-refractivity contribution in [2.75, 3.05) is 37.6 Å². The maximum atomic E-state index is 14.1. The summed E-state index contributed by atoms with van der Waals surface area (Å²) in [6, 6.07) is 9.22. The molecular weight excluding hydrogens is 413 g/mol. The number of rotatable bonds is 3. The topological polar surface area (TPSA) is 43.2 Å². The van der Waals surface area contributed by atoms with E-state index >= 15 is 0 Å². The maximum Gasteiger partial charge on any atom is 0.393 e. The van der Waals surface area contributed by atoms with Crippen LogP contribution in [0.15, 0.2) is 30.5 Å². The molecule has 0 unspecified atom stereocenters. The zero-order valence-corrected chi connectivity index (χ0v) is 18.2. The number of anilines is 1. The summed E-state index contributed by atoms with van der Waals surface area (Å²) in [6.07, 6.45) is 4.80. The summed E-state index contributed by atoms with van der Waals surface area (Å²) in [5, 5.41) is 10.1. The molecule has 32 heavy (non-hydrogen) atoms. The number of nitriles is 1. The monoisotopic (exact) mass is 442 g/mol. The number of hydrogen-bond donors (Lipinski definition) is 0. The van der Waals surface area contributed by atoms with Gasteiger partial charge in [0.25, 0.3) is 0 Å². The van der Waals surface area contributed by atoms with E-state index < -0.39 is 18.0 Å². The third-order valence-corrected chi connectivity index (χ3v) is 7.99. The molecule has 2 aliphatic heterocycles. The molecule has 0 radical (unpaired) electrons. The zero-order valence-electron chi connectivity index (χ0n) is 18.2. The Labute approximate surface area is 187 Å². The van der Waals surface area contributed by atoms with Gasteiger partial charge in [-0.3, -0.25) is 4.98 Å². The smallest absolute Gasteiger partial charge is 0.370 e. The Balaban J connectivity index is 1.38. The number of hydrogen-bond acceptors (Lipinski definition) is 4. The summed E-state index contributed by atoms with van der Waals surface area (Å²) >= 11 is 0. The number of fused-ring (bicyclic) bond motifs is 1. The number of nitrogens with zero attached hydrogens (tertiary/aromatic N) is 4. The van der Waals surface area contributed by atoms with Gasteiger partial charge in [0.15, 0.2) is 0 Å². The average molecular weight is 443 g/mol. The van der Waals surface area contributed by atoms with E-state index in [0.29, 0.717) is 29.6 Å². The van der Waals surface area contributed by atoms with Crippen LogP contribution in [-0.2, 0) is 0 Å². The number of aromatic nitrogens is 1. The van der Waals surface area contributed by atoms with E-state index in [1.807, 2.05) is 11.0 Å². The molecule has 4 nitrogen and oxygen atoms in total. The number of pyridine rings is 1. The van der Waals surface area contributed by atoms with Gasteiger partial charge in [-0.25, -0.2) is 0 Å². The van der Waals surface area contributed by atoms with E-state index in [1.165, 1.54) is 32.1 Å². The molecule has 0 amide bonds.